The Hall–Kier alpha value is -1.83. The zero-order chi connectivity index (χ0) is 15.3. The van der Waals surface area contributed by atoms with Gasteiger partial charge in [0.15, 0.2) is 0 Å². The lowest BCUT2D eigenvalue weighted by Crippen LogP contribution is -2.00. The van der Waals surface area contributed by atoms with Crippen LogP contribution < -0.4 is 5.73 Å². The average Bonchev–Trinajstić information content (AvgIpc) is 2.98. The van der Waals surface area contributed by atoms with Gasteiger partial charge in [0.25, 0.3) is 6.43 Å². The Morgan fingerprint density at radius 2 is 2.35 bits per heavy atom. The van der Waals surface area contributed by atoms with E-state index in [1.54, 1.807) is 0 Å². The van der Waals surface area contributed by atoms with Crippen molar-refractivity contribution < 1.29 is 12.9 Å². The molecule has 0 fully saturated rings. The van der Waals surface area contributed by atoms with Crippen LogP contribution in [0.2, 0.25) is 0 Å². The van der Waals surface area contributed by atoms with Crippen LogP contribution in [0.1, 0.15) is 16.2 Å². The van der Waals surface area contributed by atoms with Gasteiger partial charge in [-0.3, -0.25) is 9.25 Å². The van der Waals surface area contributed by atoms with Gasteiger partial charge >= 0.3 is 0 Å². The number of alkyl halides is 2. The zero-order valence-corrected chi connectivity index (χ0v) is 9.31. The van der Waals surface area contributed by atoms with Gasteiger partial charge in [-0.05, 0) is 0 Å². The topological polar surface area (TPSA) is 61.7 Å². The van der Waals surface area contributed by atoms with Crippen molar-refractivity contribution in [1.29, 1.82) is 0 Å². The largest absolute Gasteiger partial charge is 0.396 e. The smallest absolute Gasteiger partial charge is 0.282 e. The minimum absolute atomic E-state index is 0.0257. The molecule has 0 atom stereocenters. The van der Waals surface area contributed by atoms with Crippen molar-refractivity contribution in [3.8, 4) is 5.82 Å². The number of rotatable bonds is 2. The standard InChI is InChI=1S/C8H8F2N4.CH3NS/c1-13-7(14-3-2-11-5-14)4-6(12-13)8(9)10;2-1-3/h2-5,8H,1H3;1H,(H2,2,3)/i1D3;. The summed E-state index contributed by atoms with van der Waals surface area (Å²) in [5.74, 6) is 0.0257. The summed E-state index contributed by atoms with van der Waals surface area (Å²) in [5, 5.41) is 3.39. The minimum atomic E-state index is -2.82. The third-order valence-electron chi connectivity index (χ3n) is 1.70. The monoisotopic (exact) mass is 262 g/mol. The van der Waals surface area contributed by atoms with Crippen LogP contribution in [-0.4, -0.2) is 24.8 Å². The molecule has 0 spiro atoms. The second-order valence-corrected chi connectivity index (χ2v) is 3.02. The van der Waals surface area contributed by atoms with Gasteiger partial charge in [-0.1, -0.05) is 12.2 Å². The molecule has 2 heterocycles. The summed E-state index contributed by atoms with van der Waals surface area (Å²) in [7, 11) is 0. The van der Waals surface area contributed by atoms with E-state index in [1.807, 2.05) is 0 Å². The second-order valence-electron chi connectivity index (χ2n) is 2.75. The molecule has 2 rings (SSSR count). The van der Waals surface area contributed by atoms with Gasteiger partial charge in [-0.25, -0.2) is 13.8 Å². The highest BCUT2D eigenvalue weighted by Gasteiger charge is 2.14. The highest BCUT2D eigenvalue weighted by molar-refractivity contribution is 7.78. The van der Waals surface area contributed by atoms with E-state index in [4.69, 9.17) is 4.11 Å². The van der Waals surface area contributed by atoms with Gasteiger partial charge in [0.2, 0.25) is 0 Å². The van der Waals surface area contributed by atoms with Gasteiger partial charge in [0, 0.05) is 29.5 Å². The molecule has 2 aromatic heterocycles. The molecule has 0 aromatic carbocycles. The highest BCUT2D eigenvalue weighted by atomic mass is 32.1. The van der Waals surface area contributed by atoms with E-state index in [0.29, 0.717) is 4.68 Å². The number of hydrogen-bond donors (Lipinski definition) is 1. The Labute approximate surface area is 106 Å². The summed E-state index contributed by atoms with van der Waals surface area (Å²) >= 11 is 4.05. The number of aryl methyl sites for hydroxylation is 1. The molecule has 0 aliphatic rings. The van der Waals surface area contributed by atoms with E-state index in [2.05, 4.69) is 28.0 Å². The molecule has 0 aliphatic carbocycles. The molecule has 0 amide bonds. The van der Waals surface area contributed by atoms with Crippen LogP contribution >= 0.6 is 12.2 Å². The summed E-state index contributed by atoms with van der Waals surface area (Å²) in [6.07, 6.45) is 1.36. The molecule has 92 valence electrons. The molecule has 0 aliphatic heterocycles. The molecule has 2 aromatic rings. The quantitative estimate of drug-likeness (QED) is 0.832. The van der Waals surface area contributed by atoms with Gasteiger partial charge in [0.05, 0.1) is 5.49 Å². The average molecular weight is 262 g/mol. The molecule has 0 saturated carbocycles. The SMILES string of the molecule is NC=S.[2H]C([2H])([2H])n1nc(C(F)F)cc1-n1ccnc1. The Morgan fingerprint density at radius 3 is 2.82 bits per heavy atom. The fourth-order valence-corrected chi connectivity index (χ4v) is 1.07. The first-order chi connectivity index (χ1) is 9.31. The summed E-state index contributed by atoms with van der Waals surface area (Å²) < 4.78 is 48.6. The van der Waals surface area contributed by atoms with Crippen molar-refractivity contribution >= 4 is 17.7 Å². The number of imidazole rings is 1. The molecule has 17 heavy (non-hydrogen) atoms. The van der Waals surface area contributed by atoms with E-state index in [0.717, 1.165) is 11.6 Å². The maximum atomic E-state index is 12.5. The van der Waals surface area contributed by atoms with Crippen LogP contribution in [0.15, 0.2) is 24.8 Å². The van der Waals surface area contributed by atoms with Crippen molar-refractivity contribution in [1.82, 2.24) is 19.3 Å². The number of halogens is 2. The second kappa shape index (κ2) is 6.04. The lowest BCUT2D eigenvalue weighted by Gasteiger charge is -1.99. The van der Waals surface area contributed by atoms with Crippen LogP contribution in [0.5, 0.6) is 0 Å². The molecule has 0 unspecified atom stereocenters. The third kappa shape index (κ3) is 3.31. The van der Waals surface area contributed by atoms with Crippen molar-refractivity contribution in [2.75, 3.05) is 0 Å². The predicted octanol–water partition coefficient (Wildman–Crippen LogP) is 1.45. The zero-order valence-electron chi connectivity index (χ0n) is 11.5. The number of nitrogens with two attached hydrogens (primary N) is 1. The number of aromatic nitrogens is 4. The van der Waals surface area contributed by atoms with Crippen LogP contribution in [0, 0.1) is 0 Å². The predicted molar refractivity (Wildman–Crippen MR) is 63.1 cm³/mol. The molecule has 0 bridgehead atoms. The third-order valence-corrected chi connectivity index (χ3v) is 1.70. The molecular formula is C9H11F2N5S. The van der Waals surface area contributed by atoms with E-state index in [9.17, 15) is 8.78 Å². The van der Waals surface area contributed by atoms with Crippen LogP contribution in [0.4, 0.5) is 8.78 Å². The van der Waals surface area contributed by atoms with Gasteiger partial charge in [-0.15, -0.1) is 0 Å². The lowest BCUT2D eigenvalue weighted by molar-refractivity contribution is 0.145. The van der Waals surface area contributed by atoms with E-state index >= 15 is 0 Å². The molecule has 8 heteroatoms. The number of hydrogen-bond acceptors (Lipinski definition) is 3. The van der Waals surface area contributed by atoms with Gasteiger partial charge in [0.1, 0.15) is 17.8 Å². The summed E-state index contributed by atoms with van der Waals surface area (Å²) in [5.41, 5.74) is 5.04. The Bertz CT molecular complexity index is 552. The lowest BCUT2D eigenvalue weighted by atomic mass is 10.4. The molecule has 5 nitrogen and oxygen atoms in total. The van der Waals surface area contributed by atoms with Crippen LogP contribution in [-0.2, 0) is 6.98 Å². The Morgan fingerprint density at radius 1 is 1.65 bits per heavy atom. The van der Waals surface area contributed by atoms with E-state index in [-0.39, 0.29) is 5.82 Å². The first kappa shape index (κ1) is 9.23. The van der Waals surface area contributed by atoms with Crippen LogP contribution in [0.3, 0.4) is 0 Å². The maximum absolute atomic E-state index is 12.5. The summed E-state index contributed by atoms with van der Waals surface area (Å²) in [6, 6.07) is 1.03. The normalized spacial score (nSPS) is 13.2. The molecule has 0 saturated heterocycles. The van der Waals surface area contributed by atoms with Crippen molar-refractivity contribution in [2.45, 2.75) is 6.43 Å². The van der Waals surface area contributed by atoms with Gasteiger partial charge < -0.3 is 5.73 Å². The molecule has 0 radical (unpaired) electrons. The van der Waals surface area contributed by atoms with Crippen molar-refractivity contribution in [2.24, 2.45) is 12.7 Å². The van der Waals surface area contributed by atoms with Crippen molar-refractivity contribution in [3.05, 3.63) is 30.5 Å². The van der Waals surface area contributed by atoms with E-state index in [1.165, 1.54) is 23.3 Å². The van der Waals surface area contributed by atoms with Gasteiger partial charge in [-0.2, -0.15) is 5.10 Å². The first-order valence-electron chi connectivity index (χ1n) is 5.83. The molecular weight excluding hydrogens is 248 g/mol. The Kier molecular flexibility index (Phi) is 3.28. The number of nitrogens with zero attached hydrogens (tertiary/aromatic N) is 4. The van der Waals surface area contributed by atoms with Crippen molar-refractivity contribution in [3.63, 3.8) is 0 Å². The maximum Gasteiger partial charge on any atom is 0.282 e. The fourth-order valence-electron chi connectivity index (χ4n) is 1.07. The van der Waals surface area contributed by atoms with Crippen LogP contribution in [0.25, 0.3) is 5.82 Å². The fraction of sp³-hybridized carbons (Fsp3) is 0.222. The highest BCUT2D eigenvalue weighted by Crippen LogP contribution is 2.19. The van der Waals surface area contributed by atoms with E-state index < -0.39 is 19.1 Å². The minimum Gasteiger partial charge on any atom is -0.396 e. The summed E-state index contributed by atoms with van der Waals surface area (Å²) in [6.45, 7) is -2.62. The molecule has 2 N–H and O–H groups in total. The Balaban J connectivity index is 0.000000612. The summed E-state index contributed by atoms with van der Waals surface area (Å²) in [4.78, 5) is 3.73. The number of thiocarbonyl (C=S) groups is 1. The first-order valence-corrected chi connectivity index (χ1v) is 4.80.